The van der Waals surface area contributed by atoms with Crippen molar-refractivity contribution in [2.75, 3.05) is 13.1 Å². The second-order valence-electron chi connectivity index (χ2n) is 16.6. The van der Waals surface area contributed by atoms with Crippen molar-refractivity contribution in [3.05, 3.63) is 71.2 Å². The fraction of sp³-hybridized carbons (Fsp3) is 0.545. The van der Waals surface area contributed by atoms with Crippen LogP contribution in [0, 0.1) is 11.8 Å². The molecule has 12 heteroatoms. The number of furan rings is 2. The summed E-state index contributed by atoms with van der Waals surface area (Å²) in [4.78, 5) is 57.0. The molecule has 0 radical (unpaired) electrons. The molecule has 12 nitrogen and oxygen atoms in total. The van der Waals surface area contributed by atoms with E-state index in [0.29, 0.717) is 38.8 Å². The van der Waals surface area contributed by atoms with Crippen LogP contribution in [-0.4, -0.2) is 82.8 Å². The highest BCUT2D eigenvalue weighted by Crippen LogP contribution is 2.35. The third-order valence-electron chi connectivity index (χ3n) is 11.6. The summed E-state index contributed by atoms with van der Waals surface area (Å²) in [5, 5.41) is 7.86. The quantitative estimate of drug-likeness (QED) is 0.131. The van der Waals surface area contributed by atoms with E-state index in [9.17, 15) is 19.2 Å². The minimum Gasteiger partial charge on any atom is -0.461 e. The van der Waals surface area contributed by atoms with E-state index in [1.807, 2.05) is 73.9 Å². The highest BCUT2D eigenvalue weighted by molar-refractivity contribution is 5.91. The van der Waals surface area contributed by atoms with Gasteiger partial charge in [0.1, 0.15) is 34.8 Å². The lowest BCUT2D eigenvalue weighted by atomic mass is 9.95. The molecule has 4 heterocycles. The highest BCUT2D eigenvalue weighted by atomic mass is 16.3. The molecular formula is C44H60N6O6. The Kier molecular flexibility index (Phi) is 12.9. The van der Waals surface area contributed by atoms with Crippen molar-refractivity contribution in [1.82, 2.24) is 20.4 Å². The molecule has 2 fully saturated rings. The predicted octanol–water partition coefficient (Wildman–Crippen LogP) is 5.01. The molecule has 4 aromatic rings. The van der Waals surface area contributed by atoms with Gasteiger partial charge in [-0.3, -0.25) is 19.2 Å². The molecule has 6 atom stereocenters. The number of hydrogen-bond donors (Lipinski definition) is 4. The Morgan fingerprint density at radius 3 is 1.38 bits per heavy atom. The number of para-hydroxylation sites is 2. The Morgan fingerprint density at radius 1 is 0.643 bits per heavy atom. The van der Waals surface area contributed by atoms with Crippen LogP contribution in [0.5, 0.6) is 0 Å². The Labute approximate surface area is 330 Å². The van der Waals surface area contributed by atoms with Crippen molar-refractivity contribution in [3.8, 4) is 0 Å². The number of amides is 4. The van der Waals surface area contributed by atoms with Gasteiger partial charge in [-0.1, -0.05) is 64.1 Å². The summed E-state index contributed by atoms with van der Waals surface area (Å²) in [5.41, 5.74) is 15.5. The molecular weight excluding hydrogens is 709 g/mol. The Hall–Kier alpha value is -4.68. The number of carbonyl (C=O) groups excluding carboxylic acids is 4. The molecule has 0 spiro atoms. The summed E-state index contributed by atoms with van der Waals surface area (Å²) >= 11 is 0. The third kappa shape index (κ3) is 8.81. The average molecular weight is 769 g/mol. The largest absolute Gasteiger partial charge is 0.461 e. The number of likely N-dealkylation sites (tertiary alicyclic amines) is 2. The minimum atomic E-state index is -0.706. The van der Waals surface area contributed by atoms with Gasteiger partial charge in [0.05, 0.1) is 12.1 Å². The molecule has 2 saturated heterocycles. The van der Waals surface area contributed by atoms with E-state index in [1.54, 1.807) is 13.8 Å². The zero-order valence-corrected chi connectivity index (χ0v) is 33.8. The van der Waals surface area contributed by atoms with Crippen LogP contribution in [0.15, 0.2) is 57.4 Å². The Balaban J connectivity index is 1.25. The van der Waals surface area contributed by atoms with Crippen molar-refractivity contribution in [2.45, 2.75) is 129 Å². The van der Waals surface area contributed by atoms with E-state index in [0.717, 1.165) is 70.3 Å². The van der Waals surface area contributed by atoms with Crippen LogP contribution in [0.3, 0.4) is 0 Å². The first-order valence-corrected chi connectivity index (χ1v) is 20.5. The van der Waals surface area contributed by atoms with Gasteiger partial charge in [-0.15, -0.1) is 0 Å². The van der Waals surface area contributed by atoms with Crippen molar-refractivity contribution in [1.29, 1.82) is 0 Å². The zero-order valence-electron chi connectivity index (χ0n) is 33.8. The van der Waals surface area contributed by atoms with Gasteiger partial charge >= 0.3 is 0 Å². The number of nitrogens with zero attached hydrogens (tertiary/aromatic N) is 2. The normalized spacial score (nSPS) is 19.5. The summed E-state index contributed by atoms with van der Waals surface area (Å²) in [6.45, 7) is 12.3. The lowest BCUT2D eigenvalue weighted by Crippen LogP contribution is -2.55. The molecule has 302 valence electrons. The maximum atomic E-state index is 14.0. The molecule has 2 aromatic heterocycles. The molecule has 0 unspecified atom stereocenters. The monoisotopic (exact) mass is 768 g/mol. The summed E-state index contributed by atoms with van der Waals surface area (Å²) in [6.07, 6.45) is 5.91. The standard InChI is InChI=1S/C44H60N6O6/c1-25(2)39(47-41(51)27(5)45)43(53)49-21-11-13-29(49)23-33-31-15-7-9-17-35(31)55-37(33)19-20-38-34(32-16-8-10-18-36(32)56-38)24-30-14-12-22-50(30)44(54)40(26(3)4)48-42(52)28(6)46/h7-10,15-18,25-30,39-40H,11-14,19-24,45-46H2,1-6H3,(H,47,51)(H,48,52)/t27-,28-,29-,30-,39-,40-/m0/s1. The lowest BCUT2D eigenvalue weighted by molar-refractivity contribution is -0.138. The van der Waals surface area contributed by atoms with Gasteiger partial charge in [0.15, 0.2) is 0 Å². The molecule has 2 aliphatic rings. The second kappa shape index (κ2) is 17.6. The van der Waals surface area contributed by atoms with Crippen LogP contribution >= 0.6 is 0 Å². The fourth-order valence-electron chi connectivity index (χ4n) is 8.48. The van der Waals surface area contributed by atoms with Crippen LogP contribution in [-0.2, 0) is 44.9 Å². The maximum absolute atomic E-state index is 14.0. The second-order valence-corrected chi connectivity index (χ2v) is 16.6. The number of benzene rings is 2. The summed E-state index contributed by atoms with van der Waals surface area (Å²) < 4.78 is 13.1. The van der Waals surface area contributed by atoms with Gasteiger partial charge in [0.2, 0.25) is 23.6 Å². The Bertz CT molecular complexity index is 1890. The number of fused-ring (bicyclic) bond motifs is 2. The fourth-order valence-corrected chi connectivity index (χ4v) is 8.48. The number of hydrogen-bond acceptors (Lipinski definition) is 8. The van der Waals surface area contributed by atoms with Crippen molar-refractivity contribution in [2.24, 2.45) is 23.3 Å². The molecule has 6 N–H and O–H groups in total. The highest BCUT2D eigenvalue weighted by Gasteiger charge is 2.38. The summed E-state index contributed by atoms with van der Waals surface area (Å²) in [6, 6.07) is 13.3. The minimum absolute atomic E-state index is 0.0455. The third-order valence-corrected chi connectivity index (χ3v) is 11.6. The van der Waals surface area contributed by atoms with Crippen molar-refractivity contribution < 1.29 is 28.0 Å². The van der Waals surface area contributed by atoms with Crippen LogP contribution in [0.4, 0.5) is 0 Å². The molecule has 4 amide bonds. The van der Waals surface area contributed by atoms with Gasteiger partial charge in [0.25, 0.3) is 0 Å². The lowest BCUT2D eigenvalue weighted by Gasteiger charge is -2.31. The first-order chi connectivity index (χ1) is 26.7. The van der Waals surface area contributed by atoms with Gasteiger partial charge in [-0.2, -0.15) is 0 Å². The van der Waals surface area contributed by atoms with E-state index >= 15 is 0 Å². The van der Waals surface area contributed by atoms with Crippen LogP contribution in [0.1, 0.15) is 89.9 Å². The molecule has 56 heavy (non-hydrogen) atoms. The first kappa shape index (κ1) is 41.0. The van der Waals surface area contributed by atoms with E-state index in [1.165, 1.54) is 0 Å². The van der Waals surface area contributed by atoms with E-state index < -0.39 is 24.2 Å². The maximum Gasteiger partial charge on any atom is 0.245 e. The predicted molar refractivity (Wildman–Crippen MR) is 218 cm³/mol. The number of nitrogens with two attached hydrogens (primary N) is 2. The zero-order chi connectivity index (χ0) is 40.3. The average Bonchev–Trinajstić information content (AvgIpc) is 3.97. The summed E-state index contributed by atoms with van der Waals surface area (Å²) in [5.74, 6) is 0.719. The van der Waals surface area contributed by atoms with Crippen molar-refractivity contribution >= 4 is 45.6 Å². The van der Waals surface area contributed by atoms with E-state index in [4.69, 9.17) is 20.3 Å². The van der Waals surface area contributed by atoms with Gasteiger partial charge in [-0.05, 0) is 76.3 Å². The van der Waals surface area contributed by atoms with Gasteiger partial charge in [0, 0.05) is 59.9 Å². The Morgan fingerprint density at radius 2 is 1.02 bits per heavy atom. The van der Waals surface area contributed by atoms with Gasteiger partial charge < -0.3 is 40.7 Å². The van der Waals surface area contributed by atoms with Gasteiger partial charge in [-0.25, -0.2) is 0 Å². The van der Waals surface area contributed by atoms with Crippen LogP contribution in [0.25, 0.3) is 21.9 Å². The first-order valence-electron chi connectivity index (χ1n) is 20.5. The smallest absolute Gasteiger partial charge is 0.245 e. The topological polar surface area (TPSA) is 177 Å². The number of rotatable bonds is 15. The van der Waals surface area contributed by atoms with Crippen LogP contribution in [0.2, 0.25) is 0 Å². The van der Waals surface area contributed by atoms with E-state index in [2.05, 4.69) is 22.8 Å². The molecule has 2 aliphatic heterocycles. The van der Waals surface area contributed by atoms with Crippen LogP contribution < -0.4 is 22.1 Å². The van der Waals surface area contributed by atoms with Crippen molar-refractivity contribution in [3.63, 3.8) is 0 Å². The molecule has 6 rings (SSSR count). The SMILES string of the molecule is CC(C)[C@H](NC(=O)[C@H](C)N)C(=O)N1CCC[C@H]1Cc1c(CCc2oc3ccccc3c2C[C@@H]2CCCN2C(=O)[C@@H](NC(=O)[C@H](C)N)C(C)C)oc2ccccc12. The number of nitrogens with one attached hydrogen (secondary N) is 2. The number of aryl methyl sites for hydroxylation is 2. The number of carbonyl (C=O) groups is 4. The summed E-state index contributed by atoms with van der Waals surface area (Å²) in [7, 11) is 0. The molecule has 0 bridgehead atoms. The molecule has 0 saturated carbocycles. The van der Waals surface area contributed by atoms with E-state index in [-0.39, 0.29) is 47.5 Å². The molecule has 2 aromatic carbocycles. The molecule has 0 aliphatic carbocycles.